The first-order valence-corrected chi connectivity index (χ1v) is 6.44. The Hall–Kier alpha value is -1.56. The summed E-state index contributed by atoms with van der Waals surface area (Å²) in [4.78, 5) is 11.1. The molecule has 2 aromatic carbocycles. The summed E-state index contributed by atoms with van der Waals surface area (Å²) in [6.07, 6.45) is 0. The van der Waals surface area contributed by atoms with Crippen LogP contribution in [0.4, 0.5) is 0 Å². The van der Waals surface area contributed by atoms with Gasteiger partial charge in [-0.15, -0.1) is 0 Å². The molecular weight excluding hydrogens is 343 g/mol. The number of hydrogen-bond donors (Lipinski definition) is 1. The lowest BCUT2D eigenvalue weighted by Crippen LogP contribution is -2.03. The van der Waals surface area contributed by atoms with Crippen molar-refractivity contribution in [2.75, 3.05) is 0 Å². The summed E-state index contributed by atoms with van der Waals surface area (Å²) in [5.41, 5.74) is 1.20. The van der Waals surface area contributed by atoms with E-state index in [1.54, 1.807) is 12.1 Å². The van der Waals surface area contributed by atoms with Gasteiger partial charge in [0.1, 0.15) is 17.9 Å². The van der Waals surface area contributed by atoms with Crippen molar-refractivity contribution in [3.63, 3.8) is 0 Å². The summed E-state index contributed by atoms with van der Waals surface area (Å²) >= 11 is 2.08. The summed E-state index contributed by atoms with van der Waals surface area (Å²) in [5.74, 6) is -0.580. The van der Waals surface area contributed by atoms with Gasteiger partial charge in [0.15, 0.2) is 0 Å². The Morgan fingerprint density at radius 2 is 1.89 bits per heavy atom. The lowest BCUT2D eigenvalue weighted by Gasteiger charge is -2.09. The number of carbonyl (C=O) groups is 1. The zero-order valence-corrected chi connectivity index (χ0v) is 11.6. The Kier molecular flexibility index (Phi) is 4.19. The maximum atomic E-state index is 11.1. The standard InChI is InChI=1S/C14H11IO3/c15-11-6-7-13(12(8-11)14(16)17)18-9-10-4-2-1-3-5-10/h1-8H,9H2,(H,16,17). The van der Waals surface area contributed by atoms with Crippen LogP contribution in [0.5, 0.6) is 5.75 Å². The van der Waals surface area contributed by atoms with Crippen LogP contribution in [0.2, 0.25) is 0 Å². The number of aromatic carboxylic acids is 1. The van der Waals surface area contributed by atoms with Gasteiger partial charge in [0.25, 0.3) is 0 Å². The van der Waals surface area contributed by atoms with Crippen LogP contribution < -0.4 is 4.74 Å². The molecule has 0 saturated carbocycles. The van der Waals surface area contributed by atoms with Crippen molar-refractivity contribution in [2.24, 2.45) is 0 Å². The quantitative estimate of drug-likeness (QED) is 0.854. The smallest absolute Gasteiger partial charge is 0.339 e. The predicted molar refractivity (Wildman–Crippen MR) is 76.9 cm³/mol. The fourth-order valence-corrected chi connectivity index (χ4v) is 2.02. The number of hydrogen-bond acceptors (Lipinski definition) is 2. The fourth-order valence-electron chi connectivity index (χ4n) is 1.53. The third-order valence-corrected chi connectivity index (χ3v) is 3.08. The zero-order chi connectivity index (χ0) is 13.0. The molecule has 0 saturated heterocycles. The molecule has 0 amide bonds. The first-order chi connectivity index (χ1) is 8.66. The molecular formula is C14H11IO3. The van der Waals surface area contributed by atoms with Gasteiger partial charge in [0.2, 0.25) is 0 Å². The maximum Gasteiger partial charge on any atom is 0.339 e. The van der Waals surface area contributed by atoms with Gasteiger partial charge in [-0.05, 0) is 46.4 Å². The highest BCUT2D eigenvalue weighted by Crippen LogP contribution is 2.22. The van der Waals surface area contributed by atoms with Gasteiger partial charge in [-0.1, -0.05) is 30.3 Å². The molecule has 92 valence electrons. The molecule has 2 aromatic rings. The van der Waals surface area contributed by atoms with Crippen molar-refractivity contribution < 1.29 is 14.6 Å². The van der Waals surface area contributed by atoms with E-state index in [0.717, 1.165) is 9.13 Å². The number of rotatable bonds is 4. The summed E-state index contributed by atoms with van der Waals surface area (Å²) in [6.45, 7) is 0.363. The van der Waals surface area contributed by atoms with Crippen LogP contribution >= 0.6 is 22.6 Å². The minimum absolute atomic E-state index is 0.192. The highest BCUT2D eigenvalue weighted by atomic mass is 127. The van der Waals surface area contributed by atoms with Crippen molar-refractivity contribution in [1.29, 1.82) is 0 Å². The number of carboxylic acids is 1. The minimum atomic E-state index is -0.975. The van der Waals surface area contributed by atoms with Gasteiger partial charge >= 0.3 is 5.97 Å². The van der Waals surface area contributed by atoms with Crippen molar-refractivity contribution >= 4 is 28.6 Å². The van der Waals surface area contributed by atoms with E-state index < -0.39 is 5.97 Å². The molecule has 0 bridgehead atoms. The van der Waals surface area contributed by atoms with E-state index in [-0.39, 0.29) is 5.56 Å². The Bertz CT molecular complexity index is 552. The molecule has 0 fully saturated rings. The van der Waals surface area contributed by atoms with E-state index in [1.165, 1.54) is 0 Å². The van der Waals surface area contributed by atoms with Gasteiger partial charge < -0.3 is 9.84 Å². The molecule has 0 atom stereocenters. The summed E-state index contributed by atoms with van der Waals surface area (Å²) in [6, 6.07) is 14.8. The number of ether oxygens (including phenoxy) is 1. The second kappa shape index (κ2) is 5.86. The highest BCUT2D eigenvalue weighted by Gasteiger charge is 2.11. The van der Waals surface area contributed by atoms with Crippen LogP contribution in [0.15, 0.2) is 48.5 Å². The molecule has 0 aliphatic carbocycles. The average Bonchev–Trinajstić information content (AvgIpc) is 2.38. The van der Waals surface area contributed by atoms with E-state index in [1.807, 2.05) is 36.4 Å². The lowest BCUT2D eigenvalue weighted by molar-refractivity contribution is 0.0691. The van der Waals surface area contributed by atoms with E-state index in [4.69, 9.17) is 9.84 Å². The zero-order valence-electron chi connectivity index (χ0n) is 9.47. The van der Waals surface area contributed by atoms with Crippen LogP contribution in [0, 0.1) is 3.57 Å². The molecule has 0 aromatic heterocycles. The topological polar surface area (TPSA) is 46.5 Å². The number of benzene rings is 2. The Morgan fingerprint density at radius 1 is 1.17 bits per heavy atom. The molecule has 18 heavy (non-hydrogen) atoms. The third-order valence-electron chi connectivity index (χ3n) is 2.41. The average molecular weight is 354 g/mol. The van der Waals surface area contributed by atoms with E-state index in [2.05, 4.69) is 22.6 Å². The second-order valence-electron chi connectivity index (χ2n) is 3.72. The van der Waals surface area contributed by atoms with Crippen molar-refractivity contribution in [3.05, 3.63) is 63.2 Å². The van der Waals surface area contributed by atoms with Gasteiger partial charge in [-0.25, -0.2) is 4.79 Å². The van der Waals surface area contributed by atoms with E-state index in [0.29, 0.717) is 12.4 Å². The summed E-state index contributed by atoms with van der Waals surface area (Å²) in [5, 5.41) is 9.10. The number of halogens is 1. The molecule has 1 N–H and O–H groups in total. The van der Waals surface area contributed by atoms with Crippen molar-refractivity contribution in [2.45, 2.75) is 6.61 Å². The monoisotopic (exact) mass is 354 g/mol. The number of carboxylic acid groups (broad SMARTS) is 1. The first-order valence-electron chi connectivity index (χ1n) is 5.36. The van der Waals surface area contributed by atoms with Crippen LogP contribution in [-0.4, -0.2) is 11.1 Å². The second-order valence-corrected chi connectivity index (χ2v) is 4.97. The normalized spacial score (nSPS) is 10.1. The van der Waals surface area contributed by atoms with Gasteiger partial charge in [-0.3, -0.25) is 0 Å². The third kappa shape index (κ3) is 3.22. The fraction of sp³-hybridized carbons (Fsp3) is 0.0714. The van der Waals surface area contributed by atoms with E-state index >= 15 is 0 Å². The van der Waals surface area contributed by atoms with Crippen LogP contribution in [0.25, 0.3) is 0 Å². The van der Waals surface area contributed by atoms with Gasteiger partial charge in [0.05, 0.1) is 0 Å². The van der Waals surface area contributed by atoms with Crippen LogP contribution in [-0.2, 0) is 6.61 Å². The Morgan fingerprint density at radius 3 is 2.56 bits per heavy atom. The SMILES string of the molecule is O=C(O)c1cc(I)ccc1OCc1ccccc1. The first kappa shape index (κ1) is 12.9. The molecule has 0 heterocycles. The van der Waals surface area contributed by atoms with Crippen LogP contribution in [0.1, 0.15) is 15.9 Å². The van der Waals surface area contributed by atoms with E-state index in [9.17, 15) is 4.79 Å². The minimum Gasteiger partial charge on any atom is -0.488 e. The maximum absolute atomic E-state index is 11.1. The molecule has 4 heteroatoms. The Labute approximate surface area is 119 Å². The molecule has 3 nitrogen and oxygen atoms in total. The van der Waals surface area contributed by atoms with Gasteiger partial charge in [0, 0.05) is 3.57 Å². The summed E-state index contributed by atoms with van der Waals surface area (Å²) < 4.78 is 6.43. The molecule has 0 aliphatic rings. The molecule has 0 unspecified atom stereocenters. The predicted octanol–water partition coefficient (Wildman–Crippen LogP) is 3.57. The lowest BCUT2D eigenvalue weighted by atomic mass is 10.2. The molecule has 0 radical (unpaired) electrons. The van der Waals surface area contributed by atoms with Crippen molar-refractivity contribution in [1.82, 2.24) is 0 Å². The Balaban J connectivity index is 2.17. The largest absolute Gasteiger partial charge is 0.488 e. The van der Waals surface area contributed by atoms with Crippen LogP contribution in [0.3, 0.4) is 0 Å². The van der Waals surface area contributed by atoms with Gasteiger partial charge in [-0.2, -0.15) is 0 Å². The van der Waals surface area contributed by atoms with Crippen molar-refractivity contribution in [3.8, 4) is 5.75 Å². The molecule has 0 aliphatic heterocycles. The highest BCUT2D eigenvalue weighted by molar-refractivity contribution is 14.1. The molecule has 2 rings (SSSR count). The molecule has 0 spiro atoms. The summed E-state index contributed by atoms with van der Waals surface area (Å²) in [7, 11) is 0.